The van der Waals surface area contributed by atoms with E-state index in [9.17, 15) is 26.7 Å². The van der Waals surface area contributed by atoms with Gasteiger partial charge in [0.05, 0.1) is 11.4 Å². The smallest absolute Gasteiger partial charge is 0.389 e. The number of alkyl halides is 3. The molecule has 17 heavy (non-hydrogen) atoms. The number of sulfonamides is 1. The Kier molecular flexibility index (Phi) is 5.89. The normalized spacial score (nSPS) is 16.8. The van der Waals surface area contributed by atoms with Gasteiger partial charge in [-0.05, 0) is 19.8 Å². The van der Waals surface area contributed by atoms with E-state index >= 15 is 0 Å². The molecule has 0 saturated carbocycles. The van der Waals surface area contributed by atoms with Gasteiger partial charge in [0, 0.05) is 13.0 Å². The molecular weight excluding hydrogens is 259 g/mol. The lowest BCUT2D eigenvalue weighted by atomic mass is 10.1. The molecule has 0 rings (SSSR count). The van der Waals surface area contributed by atoms with Gasteiger partial charge in [-0.25, -0.2) is 13.1 Å². The number of hydrogen-bond donors (Lipinski definition) is 2. The van der Waals surface area contributed by atoms with Crippen molar-refractivity contribution in [2.24, 2.45) is 0 Å². The van der Waals surface area contributed by atoms with Crippen molar-refractivity contribution in [3.8, 4) is 0 Å². The second-order valence-electron chi connectivity index (χ2n) is 4.21. The summed E-state index contributed by atoms with van der Waals surface area (Å²) in [6.07, 6.45) is -5.60. The third-order valence-corrected chi connectivity index (χ3v) is 3.72. The Morgan fingerprint density at radius 1 is 1.29 bits per heavy atom. The van der Waals surface area contributed by atoms with E-state index in [2.05, 4.69) is 4.72 Å². The van der Waals surface area contributed by atoms with Gasteiger partial charge in [-0.15, -0.1) is 0 Å². The second-order valence-corrected chi connectivity index (χ2v) is 6.14. The first-order valence-electron chi connectivity index (χ1n) is 5.24. The van der Waals surface area contributed by atoms with Crippen LogP contribution in [0.15, 0.2) is 0 Å². The van der Waals surface area contributed by atoms with Crippen LogP contribution in [0.3, 0.4) is 0 Å². The Balaban J connectivity index is 4.06. The summed E-state index contributed by atoms with van der Waals surface area (Å²) in [5, 5.41) is 9.53. The van der Waals surface area contributed by atoms with Crippen LogP contribution >= 0.6 is 0 Å². The van der Waals surface area contributed by atoms with Crippen LogP contribution in [0.1, 0.15) is 33.1 Å². The molecule has 0 aromatic rings. The van der Waals surface area contributed by atoms with Gasteiger partial charge in [0.15, 0.2) is 0 Å². The summed E-state index contributed by atoms with van der Waals surface area (Å²) in [6.45, 7) is 2.93. The van der Waals surface area contributed by atoms with Crippen molar-refractivity contribution in [1.29, 1.82) is 0 Å². The lowest BCUT2D eigenvalue weighted by Gasteiger charge is -2.21. The quantitative estimate of drug-likeness (QED) is 0.739. The number of halogens is 3. The highest BCUT2D eigenvalue weighted by Gasteiger charge is 2.28. The lowest BCUT2D eigenvalue weighted by molar-refractivity contribution is -0.134. The average molecular weight is 277 g/mol. The van der Waals surface area contributed by atoms with Crippen LogP contribution in [-0.2, 0) is 10.0 Å². The van der Waals surface area contributed by atoms with Gasteiger partial charge < -0.3 is 5.11 Å². The Bertz CT molecular complexity index is 325. The predicted octanol–water partition coefficient (Wildman–Crippen LogP) is 1.41. The second kappa shape index (κ2) is 6.01. The fourth-order valence-electron chi connectivity index (χ4n) is 0.925. The highest BCUT2D eigenvalue weighted by atomic mass is 32.2. The van der Waals surface area contributed by atoms with Crippen LogP contribution < -0.4 is 4.72 Å². The maximum Gasteiger partial charge on any atom is 0.389 e. The Morgan fingerprint density at radius 2 is 1.82 bits per heavy atom. The molecule has 0 aromatic heterocycles. The number of nitrogens with one attached hydrogen (secondary N) is 1. The molecule has 0 heterocycles. The minimum Gasteiger partial charge on any atom is -0.389 e. The van der Waals surface area contributed by atoms with Crippen molar-refractivity contribution in [3.05, 3.63) is 0 Å². The molecule has 0 amide bonds. The number of aliphatic hydroxyl groups is 1. The molecule has 8 heteroatoms. The molecule has 0 aliphatic heterocycles. The molecule has 0 fully saturated rings. The molecule has 0 aliphatic rings. The van der Waals surface area contributed by atoms with Gasteiger partial charge in [0.25, 0.3) is 0 Å². The summed E-state index contributed by atoms with van der Waals surface area (Å²) in [5.41, 5.74) is -1.18. The first-order chi connectivity index (χ1) is 7.47. The fraction of sp³-hybridized carbons (Fsp3) is 1.00. The zero-order chi connectivity index (χ0) is 13.7. The van der Waals surface area contributed by atoms with Gasteiger partial charge in [0.2, 0.25) is 10.0 Å². The van der Waals surface area contributed by atoms with Crippen LogP contribution in [-0.4, -0.2) is 37.6 Å². The first-order valence-corrected chi connectivity index (χ1v) is 6.89. The third kappa shape index (κ3) is 9.37. The number of hydrogen-bond acceptors (Lipinski definition) is 3. The molecule has 2 N–H and O–H groups in total. The van der Waals surface area contributed by atoms with Crippen molar-refractivity contribution in [3.63, 3.8) is 0 Å². The number of rotatable bonds is 7. The standard InChI is InChI=1S/C9H18F3NO3S/c1-3-8(2,14)7-13-17(15,16)6-4-5-9(10,11)12/h13-14H,3-7H2,1-2H3. The fourth-order valence-corrected chi connectivity index (χ4v) is 2.12. The summed E-state index contributed by atoms with van der Waals surface area (Å²) in [4.78, 5) is 0. The van der Waals surface area contributed by atoms with Crippen LogP contribution in [0.25, 0.3) is 0 Å². The first kappa shape index (κ1) is 16.7. The third-order valence-electron chi connectivity index (χ3n) is 2.31. The van der Waals surface area contributed by atoms with E-state index in [0.29, 0.717) is 6.42 Å². The van der Waals surface area contributed by atoms with Crippen molar-refractivity contribution >= 4 is 10.0 Å². The topological polar surface area (TPSA) is 66.4 Å². The highest BCUT2D eigenvalue weighted by molar-refractivity contribution is 7.89. The molecule has 0 radical (unpaired) electrons. The van der Waals surface area contributed by atoms with Crippen LogP contribution in [0.4, 0.5) is 13.2 Å². The van der Waals surface area contributed by atoms with Crippen LogP contribution in [0.5, 0.6) is 0 Å². The van der Waals surface area contributed by atoms with E-state index in [1.165, 1.54) is 6.92 Å². The lowest BCUT2D eigenvalue weighted by Crippen LogP contribution is -2.41. The Hall–Kier alpha value is -0.340. The van der Waals surface area contributed by atoms with Gasteiger partial charge in [-0.3, -0.25) is 0 Å². The maximum atomic E-state index is 11.8. The van der Waals surface area contributed by atoms with E-state index in [4.69, 9.17) is 0 Å². The Morgan fingerprint density at radius 3 is 2.24 bits per heavy atom. The largest absolute Gasteiger partial charge is 0.389 e. The highest BCUT2D eigenvalue weighted by Crippen LogP contribution is 2.21. The monoisotopic (exact) mass is 277 g/mol. The van der Waals surface area contributed by atoms with Gasteiger partial charge in [-0.1, -0.05) is 6.92 Å². The molecule has 1 atom stereocenters. The summed E-state index contributed by atoms with van der Waals surface area (Å²) in [7, 11) is -3.76. The van der Waals surface area contributed by atoms with E-state index in [-0.39, 0.29) is 6.54 Å². The van der Waals surface area contributed by atoms with Gasteiger partial charge in [-0.2, -0.15) is 13.2 Å². The molecule has 0 spiro atoms. The Labute approximate surface area is 99.3 Å². The van der Waals surface area contributed by atoms with E-state index in [1.807, 2.05) is 0 Å². The molecule has 0 aliphatic carbocycles. The van der Waals surface area contributed by atoms with Gasteiger partial charge in [0.1, 0.15) is 0 Å². The molecule has 4 nitrogen and oxygen atoms in total. The molecule has 0 bridgehead atoms. The summed E-state index contributed by atoms with van der Waals surface area (Å²) in [6, 6.07) is 0. The molecule has 1 unspecified atom stereocenters. The zero-order valence-corrected chi connectivity index (χ0v) is 10.7. The molecular formula is C9H18F3NO3S. The average Bonchev–Trinajstić information content (AvgIpc) is 2.13. The minimum atomic E-state index is -4.34. The van der Waals surface area contributed by atoms with E-state index in [1.54, 1.807) is 6.92 Å². The van der Waals surface area contributed by atoms with E-state index < -0.39 is 40.4 Å². The van der Waals surface area contributed by atoms with Gasteiger partial charge >= 0.3 is 6.18 Å². The summed E-state index contributed by atoms with van der Waals surface area (Å²) in [5.74, 6) is -0.591. The van der Waals surface area contributed by atoms with Crippen molar-refractivity contribution in [2.75, 3.05) is 12.3 Å². The zero-order valence-electron chi connectivity index (χ0n) is 9.84. The summed E-state index contributed by atoms with van der Waals surface area (Å²) >= 11 is 0. The minimum absolute atomic E-state index is 0.197. The molecule has 0 saturated heterocycles. The summed E-state index contributed by atoms with van der Waals surface area (Å²) < 4.78 is 60.1. The van der Waals surface area contributed by atoms with Crippen LogP contribution in [0, 0.1) is 0 Å². The van der Waals surface area contributed by atoms with Crippen LogP contribution in [0.2, 0.25) is 0 Å². The molecule has 0 aromatic carbocycles. The van der Waals surface area contributed by atoms with Crippen molar-refractivity contribution < 1.29 is 26.7 Å². The predicted molar refractivity (Wildman–Crippen MR) is 58.0 cm³/mol. The van der Waals surface area contributed by atoms with E-state index in [0.717, 1.165) is 0 Å². The SMILES string of the molecule is CCC(C)(O)CNS(=O)(=O)CCCC(F)(F)F. The molecule has 104 valence electrons. The van der Waals surface area contributed by atoms with Crippen molar-refractivity contribution in [2.45, 2.75) is 44.9 Å². The van der Waals surface area contributed by atoms with Crippen molar-refractivity contribution in [1.82, 2.24) is 4.72 Å². The maximum absolute atomic E-state index is 11.8.